The van der Waals surface area contributed by atoms with Gasteiger partial charge in [-0.25, -0.2) is 0 Å². The van der Waals surface area contributed by atoms with Gasteiger partial charge >= 0.3 is 0 Å². The zero-order valence-corrected chi connectivity index (χ0v) is 3.92. The third kappa shape index (κ3) is 39.4. The summed E-state index contributed by atoms with van der Waals surface area (Å²) < 4.78 is 0. The van der Waals surface area contributed by atoms with E-state index in [-0.39, 0.29) is 0 Å². The quantitative estimate of drug-likeness (QED) is 0.231. The first-order valence-electron chi connectivity index (χ1n) is 1.55. The molecule has 0 aromatic rings. The van der Waals surface area contributed by atoms with Gasteiger partial charge in [0.2, 0.25) is 6.41 Å². The van der Waals surface area contributed by atoms with E-state index in [0.29, 0.717) is 6.41 Å². The van der Waals surface area contributed by atoms with E-state index in [1.807, 2.05) is 0 Å². The van der Waals surface area contributed by atoms with Crippen molar-refractivity contribution in [2.45, 2.75) is 0 Å². The maximum atomic E-state index is 9.22. The molecule has 0 bridgehead atoms. The second-order valence-electron chi connectivity index (χ2n) is 0.489. The summed E-state index contributed by atoms with van der Waals surface area (Å²) >= 11 is 0. The Morgan fingerprint density at radius 3 is 2.00 bits per heavy atom. The van der Waals surface area contributed by atoms with Gasteiger partial charge in [0.05, 0.1) is 0 Å². The minimum Gasteiger partial charge on any atom is -0.336 e. The van der Waals surface area contributed by atoms with Crippen LogP contribution >= 0.6 is 0 Å². The lowest BCUT2D eigenvalue weighted by Gasteiger charge is -1.70. The molecule has 0 rings (SSSR count). The molecule has 0 aliphatic rings. The van der Waals surface area contributed by atoms with Crippen molar-refractivity contribution in [3.05, 3.63) is 12.8 Å². The van der Waals surface area contributed by atoms with E-state index >= 15 is 0 Å². The largest absolute Gasteiger partial charge is 0.336 e. The van der Waals surface area contributed by atoms with Crippen molar-refractivity contribution < 1.29 is 4.79 Å². The van der Waals surface area contributed by atoms with Gasteiger partial charge in [0.25, 0.3) is 0 Å². The fourth-order valence-electron chi connectivity index (χ4n) is 0.0481. The summed E-state index contributed by atoms with van der Waals surface area (Å²) in [5.74, 6) is 8.00. The van der Waals surface area contributed by atoms with Gasteiger partial charge in [-0.2, -0.15) is 0 Å². The summed E-state index contributed by atoms with van der Waals surface area (Å²) in [7, 11) is 0. The minimum absolute atomic E-state index is 0.562. The lowest BCUT2D eigenvalue weighted by molar-refractivity contribution is -0.108. The molecular formula is C3H9N3O. The van der Waals surface area contributed by atoms with Crippen molar-refractivity contribution in [3.63, 3.8) is 0 Å². The Morgan fingerprint density at radius 1 is 1.57 bits per heavy atom. The number of rotatable bonds is 2. The van der Waals surface area contributed by atoms with Crippen LogP contribution < -0.4 is 17.0 Å². The zero-order chi connectivity index (χ0) is 6.12. The third-order valence-corrected chi connectivity index (χ3v) is 0.186. The number of hydrazine groups is 1. The van der Waals surface area contributed by atoms with Crippen LogP contribution in [0, 0.1) is 0 Å². The first kappa shape index (κ1) is 9.46. The minimum atomic E-state index is 0.562. The van der Waals surface area contributed by atoms with E-state index < -0.39 is 0 Å². The van der Waals surface area contributed by atoms with Crippen LogP contribution in [0.1, 0.15) is 0 Å². The molecule has 0 aromatic carbocycles. The van der Waals surface area contributed by atoms with Crippen LogP contribution in [-0.2, 0) is 4.79 Å². The van der Waals surface area contributed by atoms with E-state index in [1.165, 1.54) is 6.20 Å². The molecular weight excluding hydrogens is 94.1 g/mol. The number of hydrogen-bond acceptors (Lipinski definition) is 3. The highest BCUT2D eigenvalue weighted by Gasteiger charge is 1.50. The summed E-state index contributed by atoms with van der Waals surface area (Å²) in [6.45, 7) is 3.21. The molecule has 0 saturated heterocycles. The maximum Gasteiger partial charge on any atom is 0.211 e. The molecule has 0 aliphatic carbocycles. The lowest BCUT2D eigenvalue weighted by atomic mass is 11.0. The average Bonchev–Trinajstić information content (AvgIpc) is 1.75. The number of amides is 1. The number of carbonyl (C=O) groups is 1. The molecule has 0 aromatic heterocycles. The molecule has 0 fully saturated rings. The Morgan fingerprint density at radius 2 is 2.00 bits per heavy atom. The van der Waals surface area contributed by atoms with Crippen LogP contribution in [0.4, 0.5) is 0 Å². The molecule has 0 unspecified atom stereocenters. The number of nitrogens with two attached hydrogens (primary N) is 2. The molecule has 0 atom stereocenters. The second kappa shape index (κ2) is 19.3. The van der Waals surface area contributed by atoms with Gasteiger partial charge in [0, 0.05) is 0 Å². The van der Waals surface area contributed by atoms with E-state index in [4.69, 9.17) is 0 Å². The fourth-order valence-corrected chi connectivity index (χ4v) is 0.0481. The van der Waals surface area contributed by atoms with Crippen molar-refractivity contribution in [2.75, 3.05) is 0 Å². The molecule has 42 valence electrons. The summed E-state index contributed by atoms with van der Waals surface area (Å²) in [5.41, 5.74) is 0. The summed E-state index contributed by atoms with van der Waals surface area (Å²) in [5, 5.41) is 2.19. The molecule has 5 N–H and O–H groups in total. The van der Waals surface area contributed by atoms with E-state index in [9.17, 15) is 4.79 Å². The molecule has 0 saturated carbocycles. The molecule has 0 spiro atoms. The van der Waals surface area contributed by atoms with Crippen LogP contribution in [0.2, 0.25) is 0 Å². The van der Waals surface area contributed by atoms with Crippen molar-refractivity contribution in [1.82, 2.24) is 5.32 Å². The predicted octanol–water partition coefficient (Wildman–Crippen LogP) is -1.31. The zero-order valence-electron chi connectivity index (χ0n) is 3.92. The van der Waals surface area contributed by atoms with E-state index in [2.05, 4.69) is 23.6 Å². The van der Waals surface area contributed by atoms with Gasteiger partial charge in [0.15, 0.2) is 0 Å². The Kier molecular flexibility index (Phi) is 26.1. The first-order chi connectivity index (χ1) is 3.41. The SMILES string of the molecule is C=CNC=O.NN. The Labute approximate surface area is 42.1 Å². The van der Waals surface area contributed by atoms with Gasteiger partial charge in [-0.1, -0.05) is 6.58 Å². The van der Waals surface area contributed by atoms with Crippen LogP contribution in [0.3, 0.4) is 0 Å². The topological polar surface area (TPSA) is 81.1 Å². The molecule has 4 nitrogen and oxygen atoms in total. The van der Waals surface area contributed by atoms with Gasteiger partial charge in [-0.05, 0) is 6.20 Å². The monoisotopic (exact) mass is 103 g/mol. The van der Waals surface area contributed by atoms with Gasteiger partial charge in [-0.3, -0.25) is 16.5 Å². The molecule has 7 heavy (non-hydrogen) atoms. The van der Waals surface area contributed by atoms with Crippen molar-refractivity contribution in [3.8, 4) is 0 Å². The van der Waals surface area contributed by atoms with Crippen LogP contribution in [-0.4, -0.2) is 6.41 Å². The second-order valence-corrected chi connectivity index (χ2v) is 0.489. The smallest absolute Gasteiger partial charge is 0.211 e. The lowest BCUT2D eigenvalue weighted by Crippen LogP contribution is -2.02. The maximum absolute atomic E-state index is 9.22. The van der Waals surface area contributed by atoms with E-state index in [1.54, 1.807) is 0 Å². The Hall–Kier alpha value is -0.870. The average molecular weight is 103 g/mol. The Bertz CT molecular complexity index is 39.4. The van der Waals surface area contributed by atoms with Crippen molar-refractivity contribution in [2.24, 2.45) is 11.7 Å². The molecule has 4 heteroatoms. The molecule has 0 heterocycles. The summed E-state index contributed by atoms with van der Waals surface area (Å²) in [4.78, 5) is 9.22. The van der Waals surface area contributed by atoms with Crippen LogP contribution in [0.15, 0.2) is 12.8 Å². The summed E-state index contributed by atoms with van der Waals surface area (Å²) in [6, 6.07) is 0. The van der Waals surface area contributed by atoms with Crippen LogP contribution in [0.5, 0.6) is 0 Å². The Balaban J connectivity index is 0. The van der Waals surface area contributed by atoms with Gasteiger partial charge in [-0.15, -0.1) is 0 Å². The number of nitrogens with one attached hydrogen (secondary N) is 1. The molecule has 0 aliphatic heterocycles. The normalized spacial score (nSPS) is 4.86. The van der Waals surface area contributed by atoms with Crippen molar-refractivity contribution in [1.29, 1.82) is 0 Å². The van der Waals surface area contributed by atoms with E-state index in [0.717, 1.165) is 0 Å². The molecule has 0 radical (unpaired) electrons. The first-order valence-corrected chi connectivity index (χ1v) is 1.55. The van der Waals surface area contributed by atoms with Crippen molar-refractivity contribution >= 4 is 6.41 Å². The summed E-state index contributed by atoms with van der Waals surface area (Å²) in [6.07, 6.45) is 1.88. The predicted molar refractivity (Wildman–Crippen MR) is 27.8 cm³/mol. The standard InChI is InChI=1S/C3H5NO.H4N2/c1-2-4-3-5;1-2/h2-3H,1H2,(H,4,5);1-2H2. The highest BCUT2D eigenvalue weighted by molar-refractivity contribution is 5.47. The highest BCUT2D eigenvalue weighted by Crippen LogP contribution is 1.35. The third-order valence-electron chi connectivity index (χ3n) is 0.186. The highest BCUT2D eigenvalue weighted by atomic mass is 16.1. The number of hydrogen-bond donors (Lipinski definition) is 3. The van der Waals surface area contributed by atoms with Gasteiger partial charge in [0.1, 0.15) is 0 Å². The van der Waals surface area contributed by atoms with Crippen LogP contribution in [0.25, 0.3) is 0 Å². The molecule has 1 amide bonds. The fraction of sp³-hybridized carbons (Fsp3) is 0. The van der Waals surface area contributed by atoms with Gasteiger partial charge < -0.3 is 5.32 Å². The number of carbonyl (C=O) groups excluding carboxylic acids is 1.